The lowest BCUT2D eigenvalue weighted by Crippen LogP contribution is -2.57. The Morgan fingerprint density at radius 3 is 2.14 bits per heavy atom. The molecule has 11 heteroatoms. The Morgan fingerprint density at radius 1 is 0.973 bits per heavy atom. The smallest absolute Gasteiger partial charge is 0.330 e. The third-order valence-electron chi connectivity index (χ3n) is 6.52. The number of amides is 5. The maximum absolute atomic E-state index is 13.1. The number of aromatic nitrogens is 1. The van der Waals surface area contributed by atoms with Gasteiger partial charge in [-0.1, -0.05) is 26.0 Å². The van der Waals surface area contributed by atoms with Gasteiger partial charge in [-0.15, -0.1) is 0 Å². The Kier molecular flexibility index (Phi) is 7.23. The molecule has 1 aromatic heterocycles. The number of carbonyl (C=O) groups excluding carboxylic acids is 6. The van der Waals surface area contributed by atoms with Gasteiger partial charge < -0.3 is 14.6 Å². The van der Waals surface area contributed by atoms with Gasteiger partial charge in [0.05, 0.1) is 11.1 Å². The number of fused-ring (bicyclic) bond motifs is 1. The largest absolute Gasteiger partial charge is 0.442 e. The monoisotopic (exact) mass is 508 g/mol. The molecule has 0 bridgehead atoms. The van der Waals surface area contributed by atoms with E-state index in [2.05, 4.69) is 5.32 Å². The minimum Gasteiger partial charge on any atom is -0.442 e. The molecular formula is C26H28N4O7. The molecule has 0 aliphatic carbocycles. The molecule has 0 saturated carbocycles. The number of ether oxygens (including phenoxy) is 1. The van der Waals surface area contributed by atoms with Gasteiger partial charge in [-0.05, 0) is 43.5 Å². The van der Waals surface area contributed by atoms with Crippen molar-refractivity contribution in [2.24, 2.45) is 5.92 Å². The summed E-state index contributed by atoms with van der Waals surface area (Å²) in [6, 6.07) is 7.05. The summed E-state index contributed by atoms with van der Waals surface area (Å²) in [6.45, 7) is 4.51. The first-order valence-electron chi connectivity index (χ1n) is 12.0. The summed E-state index contributed by atoms with van der Waals surface area (Å²) < 4.78 is 6.92. The molecule has 1 aromatic carbocycles. The van der Waals surface area contributed by atoms with Gasteiger partial charge in [0, 0.05) is 18.8 Å². The number of esters is 1. The Balaban J connectivity index is 1.38. The highest BCUT2D eigenvalue weighted by Crippen LogP contribution is 2.29. The van der Waals surface area contributed by atoms with Crippen LogP contribution in [-0.4, -0.2) is 68.7 Å². The predicted octanol–water partition coefficient (Wildman–Crippen LogP) is 1.50. The molecule has 0 radical (unpaired) electrons. The second-order valence-corrected chi connectivity index (χ2v) is 9.38. The van der Waals surface area contributed by atoms with Gasteiger partial charge in [0.15, 0.2) is 6.73 Å². The van der Waals surface area contributed by atoms with Crippen LogP contribution in [0.3, 0.4) is 0 Å². The lowest BCUT2D eigenvalue weighted by Gasteiger charge is -2.34. The van der Waals surface area contributed by atoms with Crippen LogP contribution in [0.15, 0.2) is 48.8 Å². The molecule has 1 N–H and O–H groups in total. The number of benzene rings is 1. The summed E-state index contributed by atoms with van der Waals surface area (Å²) in [5.41, 5.74) is 0.388. The molecule has 37 heavy (non-hydrogen) atoms. The summed E-state index contributed by atoms with van der Waals surface area (Å²) in [7, 11) is 0. The van der Waals surface area contributed by atoms with E-state index in [9.17, 15) is 28.8 Å². The van der Waals surface area contributed by atoms with Crippen LogP contribution in [0.4, 0.5) is 0 Å². The fourth-order valence-corrected chi connectivity index (χ4v) is 4.61. The fraction of sp³-hybridized carbons (Fsp3) is 0.385. The minimum absolute atomic E-state index is 0.0178. The van der Waals surface area contributed by atoms with E-state index in [1.54, 1.807) is 41.2 Å². The van der Waals surface area contributed by atoms with Crippen molar-refractivity contribution < 1.29 is 33.5 Å². The molecule has 194 valence electrons. The molecule has 11 nitrogen and oxygen atoms in total. The van der Waals surface area contributed by atoms with E-state index in [1.807, 2.05) is 13.8 Å². The third-order valence-corrected chi connectivity index (χ3v) is 6.52. The Labute approximate surface area is 213 Å². The van der Waals surface area contributed by atoms with Gasteiger partial charge in [-0.2, -0.15) is 0 Å². The van der Waals surface area contributed by atoms with Crippen LogP contribution >= 0.6 is 0 Å². The number of carbonyl (C=O) groups is 6. The maximum Gasteiger partial charge on any atom is 0.330 e. The van der Waals surface area contributed by atoms with Crippen molar-refractivity contribution in [2.75, 3.05) is 6.73 Å². The van der Waals surface area contributed by atoms with Gasteiger partial charge in [-0.25, -0.2) is 9.69 Å². The van der Waals surface area contributed by atoms with Gasteiger partial charge in [-0.3, -0.25) is 28.9 Å². The lowest BCUT2D eigenvalue weighted by molar-refractivity contribution is -0.165. The van der Waals surface area contributed by atoms with E-state index in [4.69, 9.17) is 4.74 Å². The molecule has 2 aliphatic heterocycles. The molecule has 2 aromatic rings. The Hall–Kier alpha value is -4.28. The Morgan fingerprint density at radius 2 is 1.57 bits per heavy atom. The molecule has 3 unspecified atom stereocenters. The zero-order valence-corrected chi connectivity index (χ0v) is 20.7. The van der Waals surface area contributed by atoms with E-state index in [-0.39, 0.29) is 35.8 Å². The quantitative estimate of drug-likeness (QED) is 0.422. The van der Waals surface area contributed by atoms with Crippen LogP contribution in [0.25, 0.3) is 0 Å². The molecule has 5 amide bonds. The van der Waals surface area contributed by atoms with Crippen molar-refractivity contribution in [1.82, 2.24) is 19.7 Å². The third kappa shape index (κ3) is 4.89. The second kappa shape index (κ2) is 10.4. The molecule has 3 atom stereocenters. The van der Waals surface area contributed by atoms with Crippen molar-refractivity contribution in [2.45, 2.75) is 51.7 Å². The number of hydrogen-bond acceptors (Lipinski definition) is 7. The number of likely N-dealkylation sites (tertiary alicyclic amines) is 1. The van der Waals surface area contributed by atoms with Crippen molar-refractivity contribution in [1.29, 1.82) is 0 Å². The average Bonchev–Trinajstić information content (AvgIpc) is 3.46. The van der Waals surface area contributed by atoms with Crippen molar-refractivity contribution in [3.63, 3.8) is 0 Å². The lowest BCUT2D eigenvalue weighted by atomic mass is 10.0. The van der Waals surface area contributed by atoms with Gasteiger partial charge >= 0.3 is 5.97 Å². The van der Waals surface area contributed by atoms with E-state index >= 15 is 0 Å². The van der Waals surface area contributed by atoms with E-state index < -0.39 is 54.5 Å². The molecule has 2 aliphatic rings. The highest BCUT2D eigenvalue weighted by molar-refractivity contribution is 6.23. The average molecular weight is 509 g/mol. The fourth-order valence-electron chi connectivity index (χ4n) is 4.61. The Bertz CT molecular complexity index is 1220. The number of hydrogen-bond donors (Lipinski definition) is 1. The maximum atomic E-state index is 13.1. The van der Waals surface area contributed by atoms with Crippen LogP contribution in [-0.2, 0) is 23.9 Å². The van der Waals surface area contributed by atoms with Crippen molar-refractivity contribution >= 4 is 35.5 Å². The molecule has 4 rings (SSSR count). The van der Waals surface area contributed by atoms with E-state index in [1.165, 1.54) is 19.1 Å². The topological polar surface area (TPSA) is 135 Å². The summed E-state index contributed by atoms with van der Waals surface area (Å²) in [4.78, 5) is 78.2. The molecule has 3 heterocycles. The van der Waals surface area contributed by atoms with Gasteiger partial charge in [0.2, 0.25) is 11.8 Å². The van der Waals surface area contributed by atoms with Crippen LogP contribution in [0, 0.1) is 5.92 Å². The number of piperidine rings is 1. The first-order chi connectivity index (χ1) is 17.6. The molecular weight excluding hydrogens is 480 g/mol. The van der Waals surface area contributed by atoms with Crippen LogP contribution in [0.5, 0.6) is 0 Å². The first-order valence-corrected chi connectivity index (χ1v) is 12.0. The van der Waals surface area contributed by atoms with Gasteiger partial charge in [0.1, 0.15) is 18.1 Å². The van der Waals surface area contributed by atoms with Crippen LogP contribution in [0.2, 0.25) is 0 Å². The summed E-state index contributed by atoms with van der Waals surface area (Å²) in [5.74, 6) is -3.89. The zero-order chi connectivity index (χ0) is 26.9. The zero-order valence-electron chi connectivity index (χ0n) is 20.7. The minimum atomic E-state index is -1.19. The van der Waals surface area contributed by atoms with Crippen molar-refractivity contribution in [3.8, 4) is 0 Å². The molecule has 1 saturated heterocycles. The summed E-state index contributed by atoms with van der Waals surface area (Å²) in [6.07, 6.45) is 3.38. The second-order valence-electron chi connectivity index (χ2n) is 9.38. The standard InChI is InChI=1S/C26H28N4O7/c1-15(2)21(28-12-6-7-13-28)22(32)27-16(3)26(36)37-14-29-20(31)11-10-19(25(29)35)30-23(33)17-8-4-5-9-18(17)24(30)34/h4-9,12-13,15-16,19,21H,10-11,14H2,1-3H3,(H,27,32). The van der Waals surface area contributed by atoms with E-state index in [0.717, 1.165) is 9.80 Å². The van der Waals surface area contributed by atoms with Crippen molar-refractivity contribution in [3.05, 3.63) is 59.9 Å². The number of imide groups is 2. The number of rotatable bonds is 8. The molecule has 1 fully saturated rings. The summed E-state index contributed by atoms with van der Waals surface area (Å²) in [5, 5.41) is 2.61. The van der Waals surface area contributed by atoms with Gasteiger partial charge in [0.25, 0.3) is 17.7 Å². The van der Waals surface area contributed by atoms with E-state index in [0.29, 0.717) is 0 Å². The normalized spacial score (nSPS) is 19.2. The first kappa shape index (κ1) is 25.8. The predicted molar refractivity (Wildman–Crippen MR) is 129 cm³/mol. The number of nitrogens with one attached hydrogen (secondary N) is 1. The van der Waals surface area contributed by atoms with Crippen LogP contribution < -0.4 is 5.32 Å². The number of nitrogens with zero attached hydrogens (tertiary/aromatic N) is 3. The SMILES string of the molecule is CC(NC(=O)C(C(C)C)n1cccc1)C(=O)OCN1C(=O)CCC(N2C(=O)c3ccccc3C2=O)C1=O. The highest BCUT2D eigenvalue weighted by atomic mass is 16.5. The summed E-state index contributed by atoms with van der Waals surface area (Å²) >= 11 is 0. The highest BCUT2D eigenvalue weighted by Gasteiger charge is 2.47. The molecule has 0 spiro atoms. The van der Waals surface area contributed by atoms with Crippen LogP contribution in [0.1, 0.15) is 60.4 Å².